The van der Waals surface area contributed by atoms with Gasteiger partial charge in [0.15, 0.2) is 5.69 Å². The Labute approximate surface area is 109 Å². The van der Waals surface area contributed by atoms with E-state index in [1.165, 1.54) is 0 Å². The van der Waals surface area contributed by atoms with Crippen molar-refractivity contribution < 1.29 is 4.79 Å². The molecule has 0 atom stereocenters. The maximum atomic E-state index is 12.1. The topological polar surface area (TPSA) is 69.8 Å². The van der Waals surface area contributed by atoms with Gasteiger partial charge in [-0.1, -0.05) is 6.07 Å². The number of fused-ring (bicyclic) bond motifs is 1. The number of thiophene rings is 1. The lowest BCUT2D eigenvalue weighted by molar-refractivity contribution is 0.0945. The fourth-order valence-corrected chi connectivity index (χ4v) is 2.72. The largest absolute Gasteiger partial charge is 0.346 e. The number of nitrogens with zero attached hydrogens (tertiary/aromatic N) is 1. The molecule has 6 heteroatoms. The van der Waals surface area contributed by atoms with E-state index in [2.05, 4.69) is 20.8 Å². The molecule has 94 valence electrons. The summed E-state index contributed by atoms with van der Waals surface area (Å²) in [4.78, 5) is 13.2. The van der Waals surface area contributed by atoms with Crippen LogP contribution in [0.3, 0.4) is 0 Å². The Morgan fingerprint density at radius 3 is 3.33 bits per heavy atom. The second-order valence-electron chi connectivity index (χ2n) is 4.22. The molecule has 2 aromatic rings. The maximum absolute atomic E-state index is 12.1. The van der Waals surface area contributed by atoms with Crippen molar-refractivity contribution in [2.75, 3.05) is 6.54 Å². The van der Waals surface area contributed by atoms with Crippen LogP contribution in [0, 0.1) is 0 Å². The highest BCUT2D eigenvalue weighted by molar-refractivity contribution is 7.09. The van der Waals surface area contributed by atoms with E-state index in [-0.39, 0.29) is 5.91 Å². The lowest BCUT2D eigenvalue weighted by Gasteiger charge is -2.12. The highest BCUT2D eigenvalue weighted by atomic mass is 32.1. The van der Waals surface area contributed by atoms with Gasteiger partial charge in [0.2, 0.25) is 0 Å². The molecule has 3 N–H and O–H groups in total. The molecular formula is C12H14N4OS. The van der Waals surface area contributed by atoms with E-state index in [1.54, 1.807) is 11.3 Å². The predicted octanol–water partition coefficient (Wildman–Crippen LogP) is 1.05. The minimum Gasteiger partial charge on any atom is -0.346 e. The maximum Gasteiger partial charge on any atom is 0.272 e. The monoisotopic (exact) mass is 262 g/mol. The number of carbonyl (C=O) groups excluding carboxylic acids is 1. The minimum absolute atomic E-state index is 0.107. The van der Waals surface area contributed by atoms with Gasteiger partial charge in [-0.25, -0.2) is 0 Å². The van der Waals surface area contributed by atoms with Crippen molar-refractivity contribution in [1.82, 2.24) is 20.8 Å². The average molecular weight is 262 g/mol. The first-order chi connectivity index (χ1) is 8.84. The zero-order valence-electron chi connectivity index (χ0n) is 9.82. The lowest BCUT2D eigenvalue weighted by Crippen LogP contribution is -2.28. The molecule has 0 saturated heterocycles. The van der Waals surface area contributed by atoms with Gasteiger partial charge in [0.25, 0.3) is 5.91 Å². The summed E-state index contributed by atoms with van der Waals surface area (Å²) in [5.41, 5.74) is 2.61. The molecule has 0 spiro atoms. The summed E-state index contributed by atoms with van der Waals surface area (Å²) in [6, 6.07) is 3.99. The average Bonchev–Trinajstić information content (AvgIpc) is 3.05. The zero-order chi connectivity index (χ0) is 12.4. The first-order valence-corrected chi connectivity index (χ1v) is 6.80. The van der Waals surface area contributed by atoms with Crippen LogP contribution >= 0.6 is 11.3 Å². The van der Waals surface area contributed by atoms with Crippen LogP contribution in [0.5, 0.6) is 0 Å². The van der Waals surface area contributed by atoms with Crippen molar-refractivity contribution in [3.05, 3.63) is 39.3 Å². The molecule has 0 radical (unpaired) electrons. The van der Waals surface area contributed by atoms with Crippen molar-refractivity contribution in [3.8, 4) is 0 Å². The number of aromatic nitrogens is 2. The molecule has 0 aliphatic carbocycles. The predicted molar refractivity (Wildman–Crippen MR) is 69.5 cm³/mol. The highest BCUT2D eigenvalue weighted by Gasteiger charge is 2.21. The Kier molecular flexibility index (Phi) is 3.12. The smallest absolute Gasteiger partial charge is 0.272 e. The van der Waals surface area contributed by atoms with E-state index in [0.717, 1.165) is 29.1 Å². The summed E-state index contributed by atoms with van der Waals surface area (Å²) in [5.74, 6) is -0.107. The normalized spacial score (nSPS) is 14.2. The summed E-state index contributed by atoms with van der Waals surface area (Å²) >= 11 is 1.64. The minimum atomic E-state index is -0.107. The van der Waals surface area contributed by atoms with Crippen molar-refractivity contribution >= 4 is 17.2 Å². The van der Waals surface area contributed by atoms with Gasteiger partial charge in [0.1, 0.15) is 0 Å². The van der Waals surface area contributed by atoms with E-state index >= 15 is 0 Å². The van der Waals surface area contributed by atoms with Crippen molar-refractivity contribution in [3.63, 3.8) is 0 Å². The van der Waals surface area contributed by atoms with Crippen LogP contribution in [0.1, 0.15) is 26.6 Å². The highest BCUT2D eigenvalue weighted by Crippen LogP contribution is 2.15. The number of hydrogen-bond donors (Lipinski definition) is 3. The van der Waals surface area contributed by atoms with E-state index in [0.29, 0.717) is 18.8 Å². The van der Waals surface area contributed by atoms with E-state index < -0.39 is 0 Å². The quantitative estimate of drug-likeness (QED) is 0.774. The second kappa shape index (κ2) is 4.91. The third-order valence-electron chi connectivity index (χ3n) is 3.02. The molecule has 3 rings (SSSR count). The first-order valence-electron chi connectivity index (χ1n) is 5.92. The molecule has 1 aliphatic rings. The lowest BCUT2D eigenvalue weighted by atomic mass is 10.1. The van der Waals surface area contributed by atoms with Gasteiger partial charge >= 0.3 is 0 Å². The van der Waals surface area contributed by atoms with Gasteiger partial charge in [0.05, 0.1) is 6.54 Å². The standard InChI is InChI=1S/C12H14N4OS/c17-12(14-6-8-2-1-5-18-8)11-9-7-13-4-3-10(9)15-16-11/h1-2,5,13H,3-4,6-7H2,(H,14,17)(H,15,16). The van der Waals surface area contributed by atoms with Gasteiger partial charge < -0.3 is 10.6 Å². The SMILES string of the molecule is O=C(NCc1cccs1)c1n[nH]c2c1CNCC2. The van der Waals surface area contributed by atoms with Gasteiger partial charge in [-0.15, -0.1) is 11.3 Å². The van der Waals surface area contributed by atoms with Crippen LogP contribution in [0.15, 0.2) is 17.5 Å². The first kappa shape index (κ1) is 11.4. The molecule has 0 saturated carbocycles. The Bertz CT molecular complexity index is 546. The summed E-state index contributed by atoms with van der Waals surface area (Å²) < 4.78 is 0. The molecule has 2 aromatic heterocycles. The summed E-state index contributed by atoms with van der Waals surface area (Å²) in [7, 11) is 0. The molecule has 0 fully saturated rings. The number of nitrogens with one attached hydrogen (secondary N) is 3. The summed E-state index contributed by atoms with van der Waals surface area (Å²) in [5, 5.41) is 15.2. The van der Waals surface area contributed by atoms with Crippen LogP contribution in [0.25, 0.3) is 0 Å². The van der Waals surface area contributed by atoms with Crippen LogP contribution in [0.4, 0.5) is 0 Å². The molecule has 18 heavy (non-hydrogen) atoms. The van der Waals surface area contributed by atoms with Crippen molar-refractivity contribution in [2.45, 2.75) is 19.5 Å². The summed E-state index contributed by atoms with van der Waals surface area (Å²) in [6.45, 7) is 2.21. The Morgan fingerprint density at radius 2 is 2.50 bits per heavy atom. The Morgan fingerprint density at radius 1 is 1.56 bits per heavy atom. The third kappa shape index (κ3) is 2.16. The van der Waals surface area contributed by atoms with Crippen molar-refractivity contribution in [2.24, 2.45) is 0 Å². The van der Waals surface area contributed by atoms with E-state index in [9.17, 15) is 4.79 Å². The molecule has 3 heterocycles. The van der Waals surface area contributed by atoms with Gasteiger partial charge in [0, 0.05) is 35.6 Å². The molecule has 0 unspecified atom stereocenters. The molecule has 1 aliphatic heterocycles. The van der Waals surface area contributed by atoms with Crippen LogP contribution < -0.4 is 10.6 Å². The molecular weight excluding hydrogens is 248 g/mol. The molecule has 0 bridgehead atoms. The Balaban J connectivity index is 1.70. The van der Waals surface area contributed by atoms with Crippen molar-refractivity contribution in [1.29, 1.82) is 0 Å². The van der Waals surface area contributed by atoms with E-state index in [4.69, 9.17) is 0 Å². The van der Waals surface area contributed by atoms with Gasteiger partial charge in [-0.05, 0) is 11.4 Å². The van der Waals surface area contributed by atoms with Crippen LogP contribution in [-0.2, 0) is 19.5 Å². The van der Waals surface area contributed by atoms with Crippen LogP contribution in [0.2, 0.25) is 0 Å². The Hall–Kier alpha value is -1.66. The summed E-state index contributed by atoms with van der Waals surface area (Å²) in [6.07, 6.45) is 0.903. The molecule has 5 nitrogen and oxygen atoms in total. The van der Waals surface area contributed by atoms with Gasteiger partial charge in [-0.3, -0.25) is 9.89 Å². The number of amides is 1. The fraction of sp³-hybridized carbons (Fsp3) is 0.333. The van der Waals surface area contributed by atoms with Gasteiger partial charge in [-0.2, -0.15) is 5.10 Å². The molecule has 0 aromatic carbocycles. The number of H-pyrrole nitrogens is 1. The molecule has 1 amide bonds. The zero-order valence-corrected chi connectivity index (χ0v) is 10.6. The fourth-order valence-electron chi connectivity index (χ4n) is 2.08. The number of aromatic amines is 1. The number of carbonyl (C=O) groups is 1. The third-order valence-corrected chi connectivity index (χ3v) is 3.90. The second-order valence-corrected chi connectivity index (χ2v) is 5.25. The number of rotatable bonds is 3. The van der Waals surface area contributed by atoms with E-state index in [1.807, 2.05) is 17.5 Å². The van der Waals surface area contributed by atoms with Crippen LogP contribution in [-0.4, -0.2) is 22.6 Å². The number of hydrogen-bond acceptors (Lipinski definition) is 4.